The van der Waals surface area contributed by atoms with Gasteiger partial charge in [-0.15, -0.1) is 0 Å². The summed E-state index contributed by atoms with van der Waals surface area (Å²) in [5.74, 6) is -1.12. The fourth-order valence-electron chi connectivity index (χ4n) is 4.65. The molecule has 1 saturated carbocycles. The molecular weight excluding hydrogens is 333 g/mol. The molecule has 2 heterocycles. The van der Waals surface area contributed by atoms with Crippen LogP contribution in [-0.4, -0.2) is 59.9 Å². The molecule has 5 nitrogen and oxygen atoms in total. The first-order valence-corrected chi connectivity index (χ1v) is 9.74. The zero-order chi connectivity index (χ0) is 18.1. The van der Waals surface area contributed by atoms with Gasteiger partial charge in [0.1, 0.15) is 5.82 Å². The van der Waals surface area contributed by atoms with Crippen molar-refractivity contribution in [2.24, 2.45) is 0 Å². The Morgan fingerprint density at radius 1 is 0.885 bits per heavy atom. The molecule has 0 radical (unpaired) electrons. The standard InChI is InChI=1S/C20H26FN3O2/c21-16-8-4-5-9-17(16)24-19(25)14-18(20(24)26)23-12-10-22(11-13-23)15-6-2-1-3-7-15/h4-5,8-9,15,18H,1-3,6-7,10-14H2/t18-/m0/s1. The number of amides is 2. The molecule has 2 saturated heterocycles. The smallest absolute Gasteiger partial charge is 0.251 e. The molecule has 0 aromatic heterocycles. The lowest BCUT2D eigenvalue weighted by atomic mass is 9.93. The fourth-order valence-corrected chi connectivity index (χ4v) is 4.65. The van der Waals surface area contributed by atoms with Crippen molar-refractivity contribution in [3.63, 3.8) is 0 Å². The first kappa shape index (κ1) is 17.6. The summed E-state index contributed by atoms with van der Waals surface area (Å²) >= 11 is 0. The Kier molecular flexibility index (Phi) is 5.05. The molecule has 3 aliphatic rings. The summed E-state index contributed by atoms with van der Waals surface area (Å²) < 4.78 is 14.0. The molecule has 6 heteroatoms. The molecule has 1 atom stereocenters. The second kappa shape index (κ2) is 7.45. The number of imide groups is 1. The van der Waals surface area contributed by atoms with Crippen molar-refractivity contribution < 1.29 is 14.0 Å². The van der Waals surface area contributed by atoms with Crippen molar-refractivity contribution in [1.29, 1.82) is 0 Å². The van der Waals surface area contributed by atoms with Crippen LogP contribution in [0.25, 0.3) is 0 Å². The normalized spacial score (nSPS) is 26.7. The molecule has 3 fully saturated rings. The summed E-state index contributed by atoms with van der Waals surface area (Å²) in [6, 6.07) is 6.22. The van der Waals surface area contributed by atoms with Gasteiger partial charge in [-0.25, -0.2) is 9.29 Å². The second-order valence-electron chi connectivity index (χ2n) is 7.60. The van der Waals surface area contributed by atoms with Crippen LogP contribution in [0.15, 0.2) is 24.3 Å². The van der Waals surface area contributed by atoms with Gasteiger partial charge in [-0.05, 0) is 25.0 Å². The third kappa shape index (κ3) is 3.28. The van der Waals surface area contributed by atoms with Crippen LogP contribution < -0.4 is 4.90 Å². The second-order valence-corrected chi connectivity index (χ2v) is 7.60. The summed E-state index contributed by atoms with van der Waals surface area (Å²) in [6.07, 6.45) is 6.69. The van der Waals surface area contributed by atoms with E-state index in [1.54, 1.807) is 12.1 Å². The molecule has 0 bridgehead atoms. The van der Waals surface area contributed by atoms with Gasteiger partial charge in [0.2, 0.25) is 5.91 Å². The lowest BCUT2D eigenvalue weighted by molar-refractivity contribution is -0.123. The van der Waals surface area contributed by atoms with Gasteiger partial charge in [0.05, 0.1) is 18.2 Å². The average molecular weight is 359 g/mol. The van der Waals surface area contributed by atoms with Gasteiger partial charge in [0.25, 0.3) is 5.91 Å². The Morgan fingerprint density at radius 2 is 1.54 bits per heavy atom. The predicted molar refractivity (Wildman–Crippen MR) is 97.3 cm³/mol. The summed E-state index contributed by atoms with van der Waals surface area (Å²) in [4.78, 5) is 30.9. The number of benzene rings is 1. The lowest BCUT2D eigenvalue weighted by Crippen LogP contribution is -2.55. The monoisotopic (exact) mass is 359 g/mol. The molecule has 1 aromatic carbocycles. The van der Waals surface area contributed by atoms with Crippen LogP contribution in [0.2, 0.25) is 0 Å². The Hall–Kier alpha value is -1.79. The van der Waals surface area contributed by atoms with Gasteiger partial charge in [0, 0.05) is 32.2 Å². The number of carbonyl (C=O) groups is 2. The number of para-hydroxylation sites is 1. The van der Waals surface area contributed by atoms with E-state index in [1.807, 2.05) is 0 Å². The Balaban J connectivity index is 1.41. The van der Waals surface area contributed by atoms with Crippen LogP contribution in [0.4, 0.5) is 10.1 Å². The molecule has 1 aliphatic carbocycles. The van der Waals surface area contributed by atoms with Gasteiger partial charge in [-0.1, -0.05) is 31.4 Å². The topological polar surface area (TPSA) is 43.9 Å². The number of anilines is 1. The molecule has 140 valence electrons. The highest BCUT2D eigenvalue weighted by Crippen LogP contribution is 2.29. The number of nitrogens with zero attached hydrogens (tertiary/aromatic N) is 3. The lowest BCUT2D eigenvalue weighted by Gasteiger charge is -2.42. The van der Waals surface area contributed by atoms with E-state index in [4.69, 9.17) is 0 Å². The number of halogens is 1. The van der Waals surface area contributed by atoms with E-state index in [2.05, 4.69) is 9.80 Å². The van der Waals surface area contributed by atoms with E-state index in [-0.39, 0.29) is 23.9 Å². The van der Waals surface area contributed by atoms with E-state index in [0.29, 0.717) is 6.04 Å². The van der Waals surface area contributed by atoms with Crippen molar-refractivity contribution in [2.45, 2.75) is 50.6 Å². The Labute approximate surface area is 153 Å². The van der Waals surface area contributed by atoms with Crippen molar-refractivity contribution in [2.75, 3.05) is 31.1 Å². The molecule has 26 heavy (non-hydrogen) atoms. The molecule has 0 spiro atoms. The summed E-state index contributed by atoms with van der Waals surface area (Å²) in [5.41, 5.74) is 0.0749. The number of piperazine rings is 1. The highest BCUT2D eigenvalue weighted by Gasteiger charge is 2.44. The molecule has 4 rings (SSSR count). The molecule has 1 aromatic rings. The SMILES string of the molecule is O=C1C[C@H](N2CCN(C3CCCCC3)CC2)C(=O)N1c1ccccc1F. The third-order valence-corrected chi connectivity index (χ3v) is 6.10. The predicted octanol–water partition coefficient (Wildman–Crippen LogP) is 2.41. The minimum Gasteiger partial charge on any atom is -0.298 e. The van der Waals surface area contributed by atoms with Gasteiger partial charge in [0.15, 0.2) is 0 Å². The quantitative estimate of drug-likeness (QED) is 0.778. The zero-order valence-electron chi connectivity index (χ0n) is 15.1. The molecule has 0 unspecified atom stereocenters. The third-order valence-electron chi connectivity index (χ3n) is 6.10. The van der Waals surface area contributed by atoms with E-state index in [0.717, 1.165) is 31.1 Å². The van der Waals surface area contributed by atoms with Gasteiger partial charge in [-0.3, -0.25) is 19.4 Å². The Morgan fingerprint density at radius 3 is 2.23 bits per heavy atom. The van der Waals surface area contributed by atoms with Crippen molar-refractivity contribution >= 4 is 17.5 Å². The van der Waals surface area contributed by atoms with Gasteiger partial charge in [-0.2, -0.15) is 0 Å². The average Bonchev–Trinajstić information content (AvgIpc) is 2.97. The van der Waals surface area contributed by atoms with Gasteiger partial charge < -0.3 is 0 Å². The van der Waals surface area contributed by atoms with Crippen LogP contribution in [0.3, 0.4) is 0 Å². The number of hydrogen-bond donors (Lipinski definition) is 0. The summed E-state index contributed by atoms with van der Waals surface area (Å²) in [6.45, 7) is 3.49. The maximum Gasteiger partial charge on any atom is 0.251 e. The molecule has 2 amide bonds. The number of rotatable bonds is 3. The maximum absolute atomic E-state index is 14.0. The highest BCUT2D eigenvalue weighted by atomic mass is 19.1. The first-order chi connectivity index (χ1) is 12.6. The zero-order valence-corrected chi connectivity index (χ0v) is 15.1. The van der Waals surface area contributed by atoms with Crippen molar-refractivity contribution in [3.05, 3.63) is 30.1 Å². The van der Waals surface area contributed by atoms with Crippen LogP contribution in [0.1, 0.15) is 38.5 Å². The van der Waals surface area contributed by atoms with Crippen LogP contribution in [0, 0.1) is 5.82 Å². The molecule has 0 N–H and O–H groups in total. The van der Waals surface area contributed by atoms with Crippen molar-refractivity contribution in [3.8, 4) is 0 Å². The maximum atomic E-state index is 14.0. The van der Waals surface area contributed by atoms with E-state index in [1.165, 1.54) is 44.2 Å². The number of carbonyl (C=O) groups excluding carboxylic acids is 2. The van der Waals surface area contributed by atoms with Crippen LogP contribution in [-0.2, 0) is 9.59 Å². The Bertz CT molecular complexity index is 681. The van der Waals surface area contributed by atoms with Gasteiger partial charge >= 0.3 is 0 Å². The van der Waals surface area contributed by atoms with E-state index < -0.39 is 11.9 Å². The van der Waals surface area contributed by atoms with Crippen LogP contribution in [0.5, 0.6) is 0 Å². The van der Waals surface area contributed by atoms with Crippen molar-refractivity contribution in [1.82, 2.24) is 9.80 Å². The molecule has 2 aliphatic heterocycles. The largest absolute Gasteiger partial charge is 0.298 e. The number of hydrogen-bond acceptors (Lipinski definition) is 4. The summed E-state index contributed by atoms with van der Waals surface area (Å²) in [7, 11) is 0. The minimum atomic E-state index is -0.531. The van der Waals surface area contributed by atoms with Crippen LogP contribution >= 0.6 is 0 Å². The first-order valence-electron chi connectivity index (χ1n) is 9.74. The highest BCUT2D eigenvalue weighted by molar-refractivity contribution is 6.22. The minimum absolute atomic E-state index is 0.0749. The summed E-state index contributed by atoms with van der Waals surface area (Å²) in [5, 5.41) is 0. The van der Waals surface area contributed by atoms with E-state index >= 15 is 0 Å². The molecular formula is C20H26FN3O2. The fraction of sp³-hybridized carbons (Fsp3) is 0.600. The van der Waals surface area contributed by atoms with E-state index in [9.17, 15) is 14.0 Å².